The molecule has 68 valence electrons. The molecule has 0 aliphatic carbocycles. The van der Waals surface area contributed by atoms with E-state index in [1.807, 2.05) is 0 Å². The van der Waals surface area contributed by atoms with Crippen LogP contribution in [0.2, 0.25) is 19.1 Å². The van der Waals surface area contributed by atoms with Crippen LogP contribution in [0.25, 0.3) is 0 Å². The minimum atomic E-state index is -1.16. The number of hydrogen-bond donors (Lipinski definition) is 0. The van der Waals surface area contributed by atoms with E-state index in [2.05, 4.69) is 50.3 Å². The Bertz CT molecular complexity index is 224. The number of hydrogen-bond acceptors (Lipinski definition) is 0. The maximum Gasteiger partial charge on any atom is 2.00 e. The Kier molecular flexibility index (Phi) is 8.43. The number of benzene rings is 1. The molecule has 0 atom stereocenters. The summed E-state index contributed by atoms with van der Waals surface area (Å²) in [5.74, 6) is 0. The summed E-state index contributed by atoms with van der Waals surface area (Å²) < 4.78 is 0. The summed E-state index contributed by atoms with van der Waals surface area (Å²) in [4.78, 5) is 0. The first-order valence-corrected chi connectivity index (χ1v) is 7.22. The van der Waals surface area contributed by atoms with Crippen LogP contribution in [0.5, 0.6) is 0 Å². The van der Waals surface area contributed by atoms with Crippen LogP contribution in [-0.2, 0) is 0 Å². The minimum absolute atomic E-state index is 0. The molecule has 0 fully saturated rings. The van der Waals surface area contributed by atoms with E-state index < -0.39 is 8.07 Å². The van der Waals surface area contributed by atoms with Crippen molar-refractivity contribution in [1.82, 2.24) is 0 Å². The second-order valence-electron chi connectivity index (χ2n) is 3.50. The molecule has 0 saturated carbocycles. The van der Waals surface area contributed by atoms with Crippen LogP contribution in [0.3, 0.4) is 0 Å². The molecule has 0 radical (unpaired) electrons. The Morgan fingerprint density at radius 2 is 1.62 bits per heavy atom. The van der Waals surface area contributed by atoms with Gasteiger partial charge in [0.1, 0.15) is 0 Å². The third kappa shape index (κ3) is 4.50. The summed E-state index contributed by atoms with van der Waals surface area (Å²) in [5.41, 5.74) is 0. The fraction of sp³-hybridized carbons (Fsp3) is 0.300. The van der Waals surface area contributed by atoms with Gasteiger partial charge in [0.05, 0.1) is 8.07 Å². The average molecular weight is 223 g/mol. The molecule has 0 saturated heterocycles. The molecular weight excluding hydrogens is 208 g/mol. The quantitative estimate of drug-likeness (QED) is 0.448. The molecule has 0 spiro atoms. The van der Waals surface area contributed by atoms with Crippen LogP contribution < -0.4 is 17.6 Å². The normalized spacial score (nSPS) is 9.77. The Morgan fingerprint density at radius 1 is 1.15 bits per heavy atom. The SMILES string of the molecule is [CH2-]C[Si](C)(C)c1ccccc1.[Cl-].[Mg+2]. The monoisotopic (exact) mass is 222 g/mol. The molecular formula is C10H15ClMgSi. The van der Waals surface area contributed by atoms with Crippen LogP contribution in [0.4, 0.5) is 0 Å². The molecule has 0 heterocycles. The molecule has 0 bridgehead atoms. The third-order valence-electron chi connectivity index (χ3n) is 2.18. The van der Waals surface area contributed by atoms with Crippen LogP contribution in [0, 0.1) is 6.92 Å². The number of rotatable bonds is 2. The topological polar surface area (TPSA) is 0 Å². The summed E-state index contributed by atoms with van der Waals surface area (Å²) in [5, 5.41) is 1.51. The summed E-state index contributed by atoms with van der Waals surface area (Å²) in [6.07, 6.45) is 0. The van der Waals surface area contributed by atoms with Crippen LogP contribution >= 0.6 is 0 Å². The van der Waals surface area contributed by atoms with Gasteiger partial charge in [-0.2, -0.15) is 6.04 Å². The van der Waals surface area contributed by atoms with Crippen molar-refractivity contribution in [1.29, 1.82) is 0 Å². The first kappa shape index (κ1) is 15.9. The first-order chi connectivity index (χ1) is 5.17. The summed E-state index contributed by atoms with van der Waals surface area (Å²) in [7, 11) is -1.16. The summed E-state index contributed by atoms with van der Waals surface area (Å²) >= 11 is 0. The zero-order chi connectivity index (χ0) is 8.32. The molecule has 3 heteroatoms. The molecule has 0 amide bonds. The van der Waals surface area contributed by atoms with Crippen molar-refractivity contribution in [3.63, 3.8) is 0 Å². The van der Waals surface area contributed by atoms with Gasteiger partial charge in [0.15, 0.2) is 0 Å². The standard InChI is InChI=1S/C10H15Si.ClH.Mg/c1-4-11(2,3)10-8-6-5-7-9-10;;/h5-9H,1,4H2,2-3H3;1H;/q-1;;+2/p-1. The molecule has 0 unspecified atom stereocenters. The van der Waals surface area contributed by atoms with Crippen molar-refractivity contribution in [3.05, 3.63) is 37.3 Å². The number of halogens is 1. The van der Waals surface area contributed by atoms with Crippen molar-refractivity contribution in [2.24, 2.45) is 0 Å². The van der Waals surface area contributed by atoms with Gasteiger partial charge in [-0.05, 0) is 0 Å². The Morgan fingerprint density at radius 3 is 2.00 bits per heavy atom. The van der Waals surface area contributed by atoms with E-state index in [4.69, 9.17) is 0 Å². The van der Waals surface area contributed by atoms with Crippen LogP contribution in [0.15, 0.2) is 30.3 Å². The van der Waals surface area contributed by atoms with E-state index in [0.29, 0.717) is 0 Å². The summed E-state index contributed by atoms with van der Waals surface area (Å²) in [6.45, 7) is 8.71. The van der Waals surface area contributed by atoms with Crippen molar-refractivity contribution >= 4 is 36.3 Å². The van der Waals surface area contributed by atoms with E-state index >= 15 is 0 Å². The predicted molar refractivity (Wildman–Crippen MR) is 59.5 cm³/mol. The molecule has 0 aliphatic rings. The minimum Gasteiger partial charge on any atom is -1.00 e. The average Bonchev–Trinajstić information content (AvgIpc) is 2.06. The first-order valence-electron chi connectivity index (χ1n) is 4.01. The molecule has 1 aromatic carbocycles. The second-order valence-corrected chi connectivity index (χ2v) is 8.35. The van der Waals surface area contributed by atoms with Gasteiger partial charge >= 0.3 is 23.1 Å². The van der Waals surface area contributed by atoms with Gasteiger partial charge in [-0.25, -0.2) is 0 Å². The zero-order valence-electron chi connectivity index (χ0n) is 8.39. The van der Waals surface area contributed by atoms with Gasteiger partial charge in [-0.15, -0.1) is 0 Å². The van der Waals surface area contributed by atoms with Crippen molar-refractivity contribution in [3.8, 4) is 0 Å². The Labute approximate surface area is 105 Å². The van der Waals surface area contributed by atoms with E-state index in [1.54, 1.807) is 0 Å². The molecule has 1 aromatic rings. The van der Waals surface area contributed by atoms with Gasteiger partial charge in [0, 0.05) is 0 Å². The van der Waals surface area contributed by atoms with Crippen molar-refractivity contribution < 1.29 is 12.4 Å². The van der Waals surface area contributed by atoms with Gasteiger partial charge < -0.3 is 19.3 Å². The maximum absolute atomic E-state index is 4.00. The fourth-order valence-corrected chi connectivity index (χ4v) is 2.42. The van der Waals surface area contributed by atoms with E-state index in [1.165, 1.54) is 5.19 Å². The Balaban J connectivity index is 0. The second kappa shape index (κ2) is 6.87. The van der Waals surface area contributed by atoms with E-state index in [-0.39, 0.29) is 35.5 Å². The molecule has 1 rings (SSSR count). The van der Waals surface area contributed by atoms with E-state index in [9.17, 15) is 0 Å². The smallest absolute Gasteiger partial charge is 1.00 e. The summed E-state index contributed by atoms with van der Waals surface area (Å²) in [6, 6.07) is 11.8. The van der Waals surface area contributed by atoms with Crippen LogP contribution in [0.1, 0.15) is 0 Å². The molecule has 0 nitrogen and oxygen atoms in total. The third-order valence-corrected chi connectivity index (χ3v) is 5.33. The molecule has 0 aliphatic heterocycles. The van der Waals surface area contributed by atoms with Gasteiger partial charge in [-0.1, -0.05) is 48.6 Å². The Hall–Kier alpha value is 0.493. The maximum atomic E-state index is 4.00. The molecule has 0 N–H and O–H groups in total. The van der Waals surface area contributed by atoms with Gasteiger partial charge in [-0.3, -0.25) is 0 Å². The molecule has 13 heavy (non-hydrogen) atoms. The van der Waals surface area contributed by atoms with Crippen molar-refractivity contribution in [2.45, 2.75) is 19.1 Å². The zero-order valence-corrected chi connectivity index (χ0v) is 11.6. The fourth-order valence-electron chi connectivity index (χ4n) is 1.03. The largest absolute Gasteiger partial charge is 2.00 e. The van der Waals surface area contributed by atoms with E-state index in [0.717, 1.165) is 6.04 Å². The van der Waals surface area contributed by atoms with Gasteiger partial charge in [0.2, 0.25) is 0 Å². The van der Waals surface area contributed by atoms with Gasteiger partial charge in [0.25, 0.3) is 0 Å². The van der Waals surface area contributed by atoms with Crippen molar-refractivity contribution in [2.75, 3.05) is 0 Å². The van der Waals surface area contributed by atoms with Crippen LogP contribution in [-0.4, -0.2) is 31.1 Å². The predicted octanol–water partition coefficient (Wildman–Crippen LogP) is -0.941. The molecule has 0 aromatic heterocycles.